The van der Waals surface area contributed by atoms with Crippen LogP contribution in [0, 0.1) is 0 Å². The largest absolute Gasteiger partial charge is 0.383 e. The topological polar surface area (TPSA) is 78.2 Å². The van der Waals surface area contributed by atoms with E-state index in [9.17, 15) is 4.79 Å². The number of fused-ring (bicyclic) bond motifs is 1. The van der Waals surface area contributed by atoms with E-state index < -0.39 is 0 Å². The van der Waals surface area contributed by atoms with E-state index in [1.165, 1.54) is 23.0 Å². The highest BCUT2D eigenvalue weighted by Gasteiger charge is 2.23. The number of nitrogens with two attached hydrogens (primary N) is 1. The van der Waals surface area contributed by atoms with Crippen molar-refractivity contribution < 1.29 is 0 Å². The van der Waals surface area contributed by atoms with Gasteiger partial charge in [-0.15, -0.1) is 0 Å². The molecule has 3 aromatic heterocycles. The molecule has 0 amide bonds. The van der Waals surface area contributed by atoms with Gasteiger partial charge in [-0.1, -0.05) is 6.07 Å². The van der Waals surface area contributed by atoms with Crippen LogP contribution in [0.25, 0.3) is 5.65 Å². The van der Waals surface area contributed by atoms with E-state index >= 15 is 0 Å². The van der Waals surface area contributed by atoms with Crippen LogP contribution in [0.1, 0.15) is 30.0 Å². The van der Waals surface area contributed by atoms with Crippen molar-refractivity contribution in [3.05, 3.63) is 58.5 Å². The lowest BCUT2D eigenvalue weighted by molar-refractivity contribution is 0.717. The fourth-order valence-corrected chi connectivity index (χ4v) is 2.53. The van der Waals surface area contributed by atoms with Crippen LogP contribution < -0.4 is 11.4 Å². The van der Waals surface area contributed by atoms with Gasteiger partial charge in [0.2, 0.25) is 0 Å². The van der Waals surface area contributed by atoms with E-state index in [0.717, 1.165) is 11.3 Å². The van der Waals surface area contributed by atoms with Crippen LogP contribution in [-0.4, -0.2) is 18.9 Å². The van der Waals surface area contributed by atoms with E-state index in [-0.39, 0.29) is 11.5 Å². The van der Waals surface area contributed by atoms with E-state index in [4.69, 9.17) is 5.73 Å². The summed E-state index contributed by atoms with van der Waals surface area (Å²) in [7, 11) is 0. The third kappa shape index (κ3) is 2.29. The number of pyridine rings is 1. The smallest absolute Gasteiger partial charge is 0.349 e. The number of anilines is 1. The van der Waals surface area contributed by atoms with Crippen LogP contribution in [-0.2, 0) is 6.54 Å². The molecular weight excluding hydrogens is 266 g/mol. The summed E-state index contributed by atoms with van der Waals surface area (Å²) in [5.41, 5.74) is 8.22. The van der Waals surface area contributed by atoms with Crippen molar-refractivity contribution in [3.8, 4) is 0 Å². The van der Waals surface area contributed by atoms with Crippen molar-refractivity contribution in [1.82, 2.24) is 18.9 Å². The average molecular weight is 281 g/mol. The summed E-state index contributed by atoms with van der Waals surface area (Å²) in [6.07, 6.45) is 8.29. The van der Waals surface area contributed by atoms with Crippen molar-refractivity contribution in [2.45, 2.75) is 25.3 Å². The van der Waals surface area contributed by atoms with Gasteiger partial charge in [0.25, 0.3) is 0 Å². The molecule has 6 nitrogen and oxygen atoms in total. The Balaban J connectivity index is 1.68. The SMILES string of the molecule is Nc1ccn(Cc2cn3cc(C4CC4)ccc3n2)c(=O)n1. The van der Waals surface area contributed by atoms with Crippen LogP contribution in [0.5, 0.6) is 0 Å². The molecule has 6 heteroatoms. The summed E-state index contributed by atoms with van der Waals surface area (Å²) >= 11 is 0. The second-order valence-electron chi connectivity index (χ2n) is 5.50. The van der Waals surface area contributed by atoms with Gasteiger partial charge in [-0.05, 0) is 36.5 Å². The first-order valence-electron chi connectivity index (χ1n) is 6.99. The third-order valence-electron chi connectivity index (χ3n) is 3.80. The van der Waals surface area contributed by atoms with Gasteiger partial charge in [0.1, 0.15) is 11.5 Å². The van der Waals surface area contributed by atoms with Gasteiger partial charge in [-0.3, -0.25) is 4.57 Å². The number of imidazole rings is 1. The Morgan fingerprint density at radius 1 is 1.19 bits per heavy atom. The summed E-state index contributed by atoms with van der Waals surface area (Å²) in [5, 5.41) is 0. The van der Waals surface area contributed by atoms with Crippen molar-refractivity contribution in [2.24, 2.45) is 0 Å². The summed E-state index contributed by atoms with van der Waals surface area (Å²) in [6.45, 7) is 0.395. The molecule has 4 rings (SSSR count). The van der Waals surface area contributed by atoms with Gasteiger partial charge < -0.3 is 10.1 Å². The number of aromatic nitrogens is 4. The molecule has 0 saturated heterocycles. The number of hydrogen-bond acceptors (Lipinski definition) is 4. The molecular formula is C15H15N5O. The predicted octanol–water partition coefficient (Wildman–Crippen LogP) is 1.40. The zero-order chi connectivity index (χ0) is 14.4. The van der Waals surface area contributed by atoms with Gasteiger partial charge in [-0.2, -0.15) is 4.98 Å². The molecule has 0 aliphatic heterocycles. The zero-order valence-corrected chi connectivity index (χ0v) is 11.4. The molecule has 1 fully saturated rings. The van der Waals surface area contributed by atoms with E-state index in [1.807, 2.05) is 16.7 Å². The number of nitrogens with zero attached hydrogens (tertiary/aromatic N) is 4. The van der Waals surface area contributed by atoms with Crippen molar-refractivity contribution in [3.63, 3.8) is 0 Å². The van der Waals surface area contributed by atoms with Gasteiger partial charge in [0.15, 0.2) is 0 Å². The maximum absolute atomic E-state index is 11.7. The van der Waals surface area contributed by atoms with Crippen molar-refractivity contribution in [1.29, 1.82) is 0 Å². The molecule has 2 N–H and O–H groups in total. The fraction of sp³-hybridized carbons (Fsp3) is 0.267. The highest BCUT2D eigenvalue weighted by molar-refractivity contribution is 5.42. The van der Waals surface area contributed by atoms with Gasteiger partial charge >= 0.3 is 5.69 Å². The highest BCUT2D eigenvalue weighted by Crippen LogP contribution is 2.39. The Morgan fingerprint density at radius 2 is 2.05 bits per heavy atom. The summed E-state index contributed by atoms with van der Waals surface area (Å²) in [4.78, 5) is 20.0. The molecule has 3 aromatic rings. The molecule has 0 atom stereocenters. The van der Waals surface area contributed by atoms with Crippen LogP contribution in [0.4, 0.5) is 5.82 Å². The van der Waals surface area contributed by atoms with E-state index in [1.54, 1.807) is 12.3 Å². The van der Waals surface area contributed by atoms with Crippen molar-refractivity contribution in [2.75, 3.05) is 5.73 Å². The molecule has 1 saturated carbocycles. The second kappa shape index (κ2) is 4.44. The number of rotatable bonds is 3. The lowest BCUT2D eigenvalue weighted by atomic mass is 10.2. The minimum Gasteiger partial charge on any atom is -0.383 e. The minimum atomic E-state index is -0.356. The lowest BCUT2D eigenvalue weighted by Gasteiger charge is -2.01. The first-order chi connectivity index (χ1) is 10.2. The van der Waals surface area contributed by atoms with Crippen LogP contribution in [0.2, 0.25) is 0 Å². The summed E-state index contributed by atoms with van der Waals surface area (Å²) in [6, 6.07) is 5.78. The highest BCUT2D eigenvalue weighted by atomic mass is 16.1. The number of hydrogen-bond donors (Lipinski definition) is 1. The monoisotopic (exact) mass is 281 g/mol. The summed E-state index contributed by atoms with van der Waals surface area (Å²) in [5.74, 6) is 0.949. The molecule has 0 unspecified atom stereocenters. The molecule has 106 valence electrons. The Bertz CT molecular complexity index is 875. The molecule has 3 heterocycles. The molecule has 0 aromatic carbocycles. The third-order valence-corrected chi connectivity index (χ3v) is 3.80. The normalized spacial score (nSPS) is 14.7. The summed E-state index contributed by atoms with van der Waals surface area (Å²) < 4.78 is 3.53. The minimum absolute atomic E-state index is 0.236. The Labute approximate surface area is 120 Å². The van der Waals surface area contributed by atoms with Crippen LogP contribution in [0.15, 0.2) is 41.6 Å². The van der Waals surface area contributed by atoms with E-state index in [2.05, 4.69) is 22.2 Å². The zero-order valence-electron chi connectivity index (χ0n) is 11.4. The Morgan fingerprint density at radius 3 is 2.81 bits per heavy atom. The van der Waals surface area contributed by atoms with Crippen LogP contribution >= 0.6 is 0 Å². The standard InChI is InChI=1S/C15H15N5O/c16-13-5-6-19(15(21)18-13)8-12-9-20-7-11(10-1-2-10)3-4-14(20)17-12/h3-7,9-10H,1-2,8H2,(H2,16,18,21). The first-order valence-corrected chi connectivity index (χ1v) is 6.99. The Kier molecular flexibility index (Phi) is 2.57. The maximum atomic E-state index is 11.7. The quantitative estimate of drug-likeness (QED) is 0.787. The fourth-order valence-electron chi connectivity index (χ4n) is 2.53. The molecule has 1 aliphatic carbocycles. The van der Waals surface area contributed by atoms with Crippen molar-refractivity contribution >= 4 is 11.5 Å². The molecule has 0 spiro atoms. The van der Waals surface area contributed by atoms with Gasteiger partial charge in [0.05, 0.1) is 12.2 Å². The molecule has 21 heavy (non-hydrogen) atoms. The molecule has 0 radical (unpaired) electrons. The number of nitrogen functional groups attached to an aromatic ring is 1. The average Bonchev–Trinajstić information content (AvgIpc) is 3.22. The first kappa shape index (κ1) is 12.1. The van der Waals surface area contributed by atoms with E-state index in [0.29, 0.717) is 12.5 Å². The predicted molar refractivity (Wildman–Crippen MR) is 79.2 cm³/mol. The second-order valence-corrected chi connectivity index (χ2v) is 5.50. The van der Waals surface area contributed by atoms with Gasteiger partial charge in [0, 0.05) is 18.6 Å². The molecule has 1 aliphatic rings. The van der Waals surface area contributed by atoms with Gasteiger partial charge in [-0.25, -0.2) is 9.78 Å². The maximum Gasteiger partial charge on any atom is 0.349 e. The Hall–Kier alpha value is -2.63. The molecule has 0 bridgehead atoms. The lowest BCUT2D eigenvalue weighted by Crippen LogP contribution is -2.23. The van der Waals surface area contributed by atoms with Crippen LogP contribution in [0.3, 0.4) is 0 Å².